The summed E-state index contributed by atoms with van der Waals surface area (Å²) >= 11 is 5.93. The molecule has 2 aromatic carbocycles. The third kappa shape index (κ3) is 6.78. The standard InChI is InChI=1S/C21H24ClN3O6S/c1-3-25(4-2)32(29,30)16-11-9-15(10-12-16)21(28)23-13-20(27)31-14-19(26)24-18-8-6-5-7-17(18)22/h5-12H,3-4,13-14H2,1-2H3,(H,23,28)(H,24,26). The van der Waals surface area contributed by atoms with Crippen molar-refractivity contribution in [3.63, 3.8) is 0 Å². The van der Waals surface area contributed by atoms with Crippen molar-refractivity contribution in [2.45, 2.75) is 18.7 Å². The van der Waals surface area contributed by atoms with Gasteiger partial charge in [0, 0.05) is 18.7 Å². The van der Waals surface area contributed by atoms with Crippen molar-refractivity contribution in [3.8, 4) is 0 Å². The largest absolute Gasteiger partial charge is 0.454 e. The quantitative estimate of drug-likeness (QED) is 0.502. The minimum atomic E-state index is -3.63. The Kier molecular flexibility index (Phi) is 9.18. The molecular formula is C21H24ClN3O6S. The lowest BCUT2D eigenvalue weighted by Crippen LogP contribution is -2.32. The molecule has 0 aliphatic rings. The number of benzene rings is 2. The zero-order chi connectivity index (χ0) is 23.7. The molecule has 2 aromatic rings. The molecule has 0 atom stereocenters. The van der Waals surface area contributed by atoms with Gasteiger partial charge < -0.3 is 15.4 Å². The number of ether oxygens (including phenoxy) is 1. The topological polar surface area (TPSA) is 122 Å². The van der Waals surface area contributed by atoms with Gasteiger partial charge in [-0.1, -0.05) is 37.6 Å². The van der Waals surface area contributed by atoms with Gasteiger partial charge in [0.1, 0.15) is 6.54 Å². The van der Waals surface area contributed by atoms with Crippen LogP contribution in [0.25, 0.3) is 0 Å². The van der Waals surface area contributed by atoms with Crippen molar-refractivity contribution >= 4 is 45.1 Å². The summed E-state index contributed by atoms with van der Waals surface area (Å²) < 4.78 is 31.1. The van der Waals surface area contributed by atoms with Gasteiger partial charge in [-0.15, -0.1) is 0 Å². The van der Waals surface area contributed by atoms with Gasteiger partial charge in [-0.3, -0.25) is 14.4 Å². The summed E-state index contributed by atoms with van der Waals surface area (Å²) in [5, 5.41) is 5.20. The molecule has 0 spiro atoms. The third-order valence-electron chi connectivity index (χ3n) is 4.37. The smallest absolute Gasteiger partial charge is 0.325 e. The molecule has 172 valence electrons. The number of sulfonamides is 1. The van der Waals surface area contributed by atoms with Crippen LogP contribution >= 0.6 is 11.6 Å². The number of halogens is 1. The summed E-state index contributed by atoms with van der Waals surface area (Å²) in [6, 6.07) is 12.0. The van der Waals surface area contributed by atoms with Gasteiger partial charge in [-0.2, -0.15) is 4.31 Å². The monoisotopic (exact) mass is 481 g/mol. The van der Waals surface area contributed by atoms with Crippen molar-refractivity contribution in [1.82, 2.24) is 9.62 Å². The molecule has 2 N–H and O–H groups in total. The van der Waals surface area contributed by atoms with Gasteiger partial charge in [0.25, 0.3) is 11.8 Å². The highest BCUT2D eigenvalue weighted by molar-refractivity contribution is 7.89. The summed E-state index contributed by atoms with van der Waals surface area (Å²) in [7, 11) is -3.63. The maximum absolute atomic E-state index is 12.5. The SMILES string of the molecule is CCN(CC)S(=O)(=O)c1ccc(C(=O)NCC(=O)OCC(=O)Nc2ccccc2Cl)cc1. The summed E-state index contributed by atoms with van der Waals surface area (Å²) in [5.41, 5.74) is 0.558. The number of carbonyl (C=O) groups excluding carboxylic acids is 3. The first kappa shape index (κ1) is 25.3. The van der Waals surface area contributed by atoms with Gasteiger partial charge in [0.05, 0.1) is 15.6 Å². The number of esters is 1. The molecule has 0 aliphatic heterocycles. The van der Waals surface area contributed by atoms with Crippen LogP contribution in [0.3, 0.4) is 0 Å². The molecule has 11 heteroatoms. The second-order valence-electron chi connectivity index (χ2n) is 6.49. The van der Waals surface area contributed by atoms with Crippen LogP contribution in [0.4, 0.5) is 5.69 Å². The highest BCUT2D eigenvalue weighted by Crippen LogP contribution is 2.20. The predicted molar refractivity (Wildman–Crippen MR) is 120 cm³/mol. The van der Waals surface area contributed by atoms with E-state index < -0.39 is 41.0 Å². The minimum absolute atomic E-state index is 0.0710. The zero-order valence-electron chi connectivity index (χ0n) is 17.6. The molecule has 0 fully saturated rings. The minimum Gasteiger partial charge on any atom is -0.454 e. The molecule has 0 aliphatic carbocycles. The lowest BCUT2D eigenvalue weighted by molar-refractivity contribution is -0.146. The van der Waals surface area contributed by atoms with Crippen LogP contribution in [-0.4, -0.2) is 56.7 Å². The van der Waals surface area contributed by atoms with Gasteiger partial charge in [-0.25, -0.2) is 8.42 Å². The maximum atomic E-state index is 12.5. The van der Waals surface area contributed by atoms with E-state index in [1.54, 1.807) is 38.1 Å². The summed E-state index contributed by atoms with van der Waals surface area (Å²) in [6.45, 7) is 3.14. The number of para-hydroxylation sites is 1. The van der Waals surface area contributed by atoms with E-state index in [1.807, 2.05) is 0 Å². The average Bonchev–Trinajstić information content (AvgIpc) is 2.78. The average molecular weight is 482 g/mol. The van der Waals surface area contributed by atoms with E-state index in [0.29, 0.717) is 23.8 Å². The Morgan fingerprint density at radius 3 is 2.22 bits per heavy atom. The Morgan fingerprint density at radius 1 is 1.00 bits per heavy atom. The first-order valence-corrected chi connectivity index (χ1v) is 11.6. The molecule has 0 bridgehead atoms. The molecule has 0 heterocycles. The number of nitrogens with one attached hydrogen (secondary N) is 2. The Labute approximate surface area is 191 Å². The molecule has 0 unspecified atom stereocenters. The van der Waals surface area contributed by atoms with E-state index in [9.17, 15) is 22.8 Å². The van der Waals surface area contributed by atoms with E-state index in [0.717, 1.165) is 0 Å². The second-order valence-corrected chi connectivity index (χ2v) is 8.83. The molecule has 0 radical (unpaired) electrons. The fraction of sp³-hybridized carbons (Fsp3) is 0.286. The van der Waals surface area contributed by atoms with E-state index in [-0.39, 0.29) is 10.5 Å². The molecule has 0 saturated carbocycles. The van der Waals surface area contributed by atoms with Crippen LogP contribution in [0.5, 0.6) is 0 Å². The molecule has 9 nitrogen and oxygen atoms in total. The normalized spacial score (nSPS) is 11.1. The number of amides is 2. The van der Waals surface area contributed by atoms with Gasteiger partial charge >= 0.3 is 5.97 Å². The van der Waals surface area contributed by atoms with Crippen LogP contribution in [0.1, 0.15) is 24.2 Å². The lowest BCUT2D eigenvalue weighted by Gasteiger charge is -2.18. The number of nitrogens with zero attached hydrogens (tertiary/aromatic N) is 1. The maximum Gasteiger partial charge on any atom is 0.325 e. The predicted octanol–water partition coefficient (Wildman–Crippen LogP) is 2.28. The number of rotatable bonds is 10. The highest BCUT2D eigenvalue weighted by Gasteiger charge is 2.21. The fourth-order valence-corrected chi connectivity index (χ4v) is 4.33. The van der Waals surface area contributed by atoms with Gasteiger partial charge in [0.15, 0.2) is 6.61 Å². The summed E-state index contributed by atoms with van der Waals surface area (Å²) in [4.78, 5) is 35.9. The van der Waals surface area contributed by atoms with Crippen LogP contribution in [0, 0.1) is 0 Å². The Bertz CT molecular complexity index is 1070. The van der Waals surface area contributed by atoms with Crippen molar-refractivity contribution in [1.29, 1.82) is 0 Å². The van der Waals surface area contributed by atoms with Crippen LogP contribution < -0.4 is 10.6 Å². The van der Waals surface area contributed by atoms with Crippen LogP contribution in [0.15, 0.2) is 53.4 Å². The number of hydrogen-bond donors (Lipinski definition) is 2. The molecule has 2 amide bonds. The molecule has 2 rings (SSSR count). The van der Waals surface area contributed by atoms with Crippen LogP contribution in [0.2, 0.25) is 5.02 Å². The summed E-state index contributed by atoms with van der Waals surface area (Å²) in [6.07, 6.45) is 0. The Hall–Kier alpha value is -2.95. The van der Waals surface area contributed by atoms with Crippen molar-refractivity contribution in [2.75, 3.05) is 31.6 Å². The molecule has 0 saturated heterocycles. The van der Waals surface area contributed by atoms with E-state index in [2.05, 4.69) is 10.6 Å². The fourth-order valence-electron chi connectivity index (χ4n) is 2.69. The third-order valence-corrected chi connectivity index (χ3v) is 6.76. The Morgan fingerprint density at radius 2 is 1.62 bits per heavy atom. The van der Waals surface area contributed by atoms with Crippen molar-refractivity contribution in [2.24, 2.45) is 0 Å². The highest BCUT2D eigenvalue weighted by atomic mass is 35.5. The van der Waals surface area contributed by atoms with Crippen LogP contribution in [-0.2, 0) is 24.3 Å². The number of hydrogen-bond acceptors (Lipinski definition) is 6. The van der Waals surface area contributed by atoms with E-state index in [4.69, 9.17) is 16.3 Å². The van der Waals surface area contributed by atoms with Gasteiger partial charge in [-0.05, 0) is 36.4 Å². The first-order chi connectivity index (χ1) is 15.2. The molecule has 32 heavy (non-hydrogen) atoms. The number of anilines is 1. The van der Waals surface area contributed by atoms with Gasteiger partial charge in [0.2, 0.25) is 10.0 Å². The second kappa shape index (κ2) is 11.6. The summed E-state index contributed by atoms with van der Waals surface area (Å²) in [5.74, 6) is -1.98. The lowest BCUT2D eigenvalue weighted by atomic mass is 10.2. The van der Waals surface area contributed by atoms with Crippen molar-refractivity contribution < 1.29 is 27.5 Å². The molecular weight excluding hydrogens is 458 g/mol. The van der Waals surface area contributed by atoms with E-state index >= 15 is 0 Å². The first-order valence-electron chi connectivity index (χ1n) is 9.77. The zero-order valence-corrected chi connectivity index (χ0v) is 19.2. The molecule has 0 aromatic heterocycles. The van der Waals surface area contributed by atoms with E-state index in [1.165, 1.54) is 28.6 Å². The Balaban J connectivity index is 1.83. The van der Waals surface area contributed by atoms with Crippen molar-refractivity contribution in [3.05, 3.63) is 59.1 Å². The number of carbonyl (C=O) groups is 3.